The van der Waals surface area contributed by atoms with Crippen LogP contribution in [-0.2, 0) is 4.74 Å². The third-order valence-electron chi connectivity index (χ3n) is 3.96. The fourth-order valence-corrected chi connectivity index (χ4v) is 2.89. The quantitative estimate of drug-likeness (QED) is 0.848. The lowest BCUT2D eigenvalue weighted by Crippen LogP contribution is -1.94. The topological polar surface area (TPSA) is 70.2 Å². The third kappa shape index (κ3) is 2.65. The highest BCUT2D eigenvalue weighted by Gasteiger charge is 2.19. The average Bonchev–Trinajstić information content (AvgIpc) is 3.19. The summed E-state index contributed by atoms with van der Waals surface area (Å²) in [7, 11) is 1.63. The van der Waals surface area contributed by atoms with E-state index in [1.165, 1.54) is 0 Å². The molecule has 5 nitrogen and oxygen atoms in total. The molecule has 0 atom stereocenters. The average molecular weight is 309 g/mol. The second-order valence-corrected chi connectivity index (χ2v) is 5.54. The lowest BCUT2D eigenvalue weighted by Gasteiger charge is -2.01. The van der Waals surface area contributed by atoms with E-state index in [0.29, 0.717) is 5.76 Å². The number of allylic oxidation sites excluding steroid dienone is 1. The summed E-state index contributed by atoms with van der Waals surface area (Å²) in [5, 5.41) is 0. The van der Waals surface area contributed by atoms with E-state index in [1.807, 2.05) is 44.3 Å². The van der Waals surface area contributed by atoms with Gasteiger partial charge in [0.25, 0.3) is 0 Å². The molecule has 0 radical (unpaired) electrons. The van der Waals surface area contributed by atoms with Gasteiger partial charge in [0, 0.05) is 29.2 Å². The number of aromatic amines is 2. The molecule has 0 aliphatic carbocycles. The first-order valence-corrected chi connectivity index (χ1v) is 7.41. The van der Waals surface area contributed by atoms with Crippen LogP contribution in [0.3, 0.4) is 0 Å². The molecule has 2 aromatic heterocycles. The molecule has 3 heterocycles. The van der Waals surface area contributed by atoms with Crippen LogP contribution in [0.25, 0.3) is 6.08 Å². The van der Waals surface area contributed by atoms with Gasteiger partial charge in [0.05, 0.1) is 18.5 Å². The maximum Gasteiger partial charge on any atom is 0.161 e. The Balaban J connectivity index is 2.04. The SMILES string of the molecule is COC1=CC(c2ccc[nH]2)=N/C1=C\c1[nH]c(C)c(C(C)=O)c1C. The second kappa shape index (κ2) is 5.76. The number of carbonyl (C=O) groups excluding carboxylic acids is 1. The van der Waals surface area contributed by atoms with Gasteiger partial charge in [-0.2, -0.15) is 0 Å². The van der Waals surface area contributed by atoms with E-state index in [-0.39, 0.29) is 5.78 Å². The largest absolute Gasteiger partial charge is 0.494 e. The van der Waals surface area contributed by atoms with E-state index in [1.54, 1.807) is 14.0 Å². The summed E-state index contributed by atoms with van der Waals surface area (Å²) in [6.45, 7) is 5.42. The molecule has 2 N–H and O–H groups in total. The summed E-state index contributed by atoms with van der Waals surface area (Å²) in [5.74, 6) is 0.760. The van der Waals surface area contributed by atoms with E-state index in [0.717, 1.165) is 39.6 Å². The predicted octanol–water partition coefficient (Wildman–Crippen LogP) is 3.54. The number of hydrogen-bond acceptors (Lipinski definition) is 3. The monoisotopic (exact) mass is 309 g/mol. The Morgan fingerprint density at radius 3 is 2.70 bits per heavy atom. The highest BCUT2D eigenvalue weighted by Crippen LogP contribution is 2.27. The molecular weight excluding hydrogens is 290 g/mol. The molecule has 3 rings (SSSR count). The Morgan fingerprint density at radius 2 is 2.13 bits per heavy atom. The Kier molecular flexibility index (Phi) is 3.78. The van der Waals surface area contributed by atoms with Crippen molar-refractivity contribution in [2.24, 2.45) is 4.99 Å². The van der Waals surface area contributed by atoms with Crippen molar-refractivity contribution in [2.75, 3.05) is 7.11 Å². The van der Waals surface area contributed by atoms with Crippen LogP contribution >= 0.6 is 0 Å². The number of Topliss-reactive ketones (excluding diaryl/α,β-unsaturated/α-hetero) is 1. The van der Waals surface area contributed by atoms with Gasteiger partial charge in [0.15, 0.2) is 5.78 Å². The summed E-state index contributed by atoms with van der Waals surface area (Å²) in [6, 6.07) is 3.89. The fourth-order valence-electron chi connectivity index (χ4n) is 2.89. The predicted molar refractivity (Wildman–Crippen MR) is 90.7 cm³/mol. The maximum atomic E-state index is 11.8. The van der Waals surface area contributed by atoms with Crippen LogP contribution in [0.2, 0.25) is 0 Å². The number of carbonyl (C=O) groups is 1. The molecule has 0 bridgehead atoms. The number of H-pyrrole nitrogens is 2. The Hall–Kier alpha value is -2.82. The van der Waals surface area contributed by atoms with Gasteiger partial charge in [-0.3, -0.25) is 4.79 Å². The van der Waals surface area contributed by atoms with E-state index in [9.17, 15) is 4.79 Å². The number of nitrogens with zero attached hydrogens (tertiary/aromatic N) is 1. The zero-order valence-electron chi connectivity index (χ0n) is 13.7. The molecule has 1 aliphatic rings. The van der Waals surface area contributed by atoms with Crippen molar-refractivity contribution in [3.8, 4) is 0 Å². The number of ether oxygens (including phenoxy) is 1. The van der Waals surface area contributed by atoms with Gasteiger partial charge >= 0.3 is 0 Å². The molecule has 0 unspecified atom stereocenters. The van der Waals surface area contributed by atoms with Crippen molar-refractivity contribution < 1.29 is 9.53 Å². The molecular formula is C18H19N3O2. The minimum absolute atomic E-state index is 0.0606. The second-order valence-electron chi connectivity index (χ2n) is 5.54. The number of methoxy groups -OCH3 is 1. The zero-order valence-corrected chi connectivity index (χ0v) is 13.7. The smallest absolute Gasteiger partial charge is 0.161 e. The number of aryl methyl sites for hydroxylation is 1. The molecule has 118 valence electrons. The van der Waals surface area contributed by atoms with Crippen LogP contribution in [0.15, 0.2) is 40.9 Å². The summed E-state index contributed by atoms with van der Waals surface area (Å²) in [6.07, 6.45) is 5.67. The first kappa shape index (κ1) is 15.1. The molecule has 2 aromatic rings. The Labute approximate surface area is 134 Å². The van der Waals surface area contributed by atoms with Gasteiger partial charge in [-0.1, -0.05) is 0 Å². The molecule has 5 heteroatoms. The van der Waals surface area contributed by atoms with Crippen LogP contribution in [0.5, 0.6) is 0 Å². The van der Waals surface area contributed by atoms with Crippen molar-refractivity contribution in [2.45, 2.75) is 20.8 Å². The maximum absolute atomic E-state index is 11.8. The summed E-state index contributed by atoms with van der Waals surface area (Å²) in [5.41, 5.74) is 5.92. The van der Waals surface area contributed by atoms with Crippen LogP contribution in [-0.4, -0.2) is 28.6 Å². The Bertz CT molecular complexity index is 849. The van der Waals surface area contributed by atoms with Crippen LogP contribution in [0.1, 0.15) is 39.9 Å². The highest BCUT2D eigenvalue weighted by atomic mass is 16.5. The van der Waals surface area contributed by atoms with Crippen LogP contribution in [0.4, 0.5) is 0 Å². The van der Waals surface area contributed by atoms with E-state index >= 15 is 0 Å². The van der Waals surface area contributed by atoms with Crippen molar-refractivity contribution in [3.05, 3.63) is 64.1 Å². The summed E-state index contributed by atoms with van der Waals surface area (Å²) >= 11 is 0. The van der Waals surface area contributed by atoms with Crippen LogP contribution < -0.4 is 0 Å². The molecule has 0 saturated carbocycles. The molecule has 0 saturated heterocycles. The van der Waals surface area contributed by atoms with Gasteiger partial charge in [-0.25, -0.2) is 4.99 Å². The fraction of sp³-hybridized carbons (Fsp3) is 0.222. The lowest BCUT2D eigenvalue weighted by molar-refractivity contribution is 0.101. The van der Waals surface area contributed by atoms with Gasteiger partial charge in [0.1, 0.15) is 11.5 Å². The number of rotatable bonds is 4. The normalized spacial score (nSPS) is 15.7. The number of ketones is 1. The van der Waals surface area contributed by atoms with E-state index in [2.05, 4.69) is 15.0 Å². The van der Waals surface area contributed by atoms with Crippen molar-refractivity contribution in [1.82, 2.24) is 9.97 Å². The molecule has 0 fully saturated rings. The standard InChI is InChI=1S/C18H19N3O2/c1-10-14(20-11(2)18(10)12(3)22)8-16-17(23-4)9-15(21-16)13-6-5-7-19-13/h5-9,19-20H,1-4H3/b16-8-. The first-order chi connectivity index (χ1) is 11.0. The Morgan fingerprint density at radius 1 is 1.35 bits per heavy atom. The molecule has 0 spiro atoms. The number of aromatic nitrogens is 2. The van der Waals surface area contributed by atoms with E-state index in [4.69, 9.17) is 4.74 Å². The van der Waals surface area contributed by atoms with Crippen molar-refractivity contribution in [1.29, 1.82) is 0 Å². The van der Waals surface area contributed by atoms with Crippen molar-refractivity contribution >= 4 is 17.6 Å². The minimum Gasteiger partial charge on any atom is -0.494 e. The molecule has 23 heavy (non-hydrogen) atoms. The number of hydrogen-bond donors (Lipinski definition) is 2. The molecule has 0 aromatic carbocycles. The molecule has 0 amide bonds. The van der Waals surface area contributed by atoms with Gasteiger partial charge < -0.3 is 14.7 Å². The highest BCUT2D eigenvalue weighted by molar-refractivity contribution is 6.11. The van der Waals surface area contributed by atoms with E-state index < -0.39 is 0 Å². The molecule has 1 aliphatic heterocycles. The number of aliphatic imine (C=N–C) groups is 1. The van der Waals surface area contributed by atoms with Gasteiger partial charge in [-0.15, -0.1) is 0 Å². The van der Waals surface area contributed by atoms with Gasteiger partial charge in [0.2, 0.25) is 0 Å². The lowest BCUT2D eigenvalue weighted by atomic mass is 10.1. The van der Waals surface area contributed by atoms with Gasteiger partial charge in [-0.05, 0) is 44.5 Å². The minimum atomic E-state index is 0.0606. The number of nitrogens with one attached hydrogen (secondary N) is 2. The van der Waals surface area contributed by atoms with Crippen molar-refractivity contribution in [3.63, 3.8) is 0 Å². The third-order valence-corrected chi connectivity index (χ3v) is 3.96. The zero-order chi connectivity index (χ0) is 16.6. The first-order valence-electron chi connectivity index (χ1n) is 7.41. The van der Waals surface area contributed by atoms with Crippen LogP contribution in [0, 0.1) is 13.8 Å². The summed E-state index contributed by atoms with van der Waals surface area (Å²) < 4.78 is 5.43. The summed E-state index contributed by atoms with van der Waals surface area (Å²) in [4.78, 5) is 22.8.